The van der Waals surface area contributed by atoms with Crippen molar-refractivity contribution in [2.24, 2.45) is 0 Å². The Labute approximate surface area is 190 Å². The van der Waals surface area contributed by atoms with Gasteiger partial charge in [0.05, 0.1) is 12.8 Å². The molecule has 0 fully saturated rings. The Hall–Kier alpha value is -3.95. The predicted octanol–water partition coefficient (Wildman–Crippen LogP) is 6.57. The molecule has 176 valence electrons. The van der Waals surface area contributed by atoms with Crippen LogP contribution in [0.25, 0.3) is 22.6 Å². The van der Waals surface area contributed by atoms with Crippen molar-refractivity contribution in [3.8, 4) is 17.2 Å². The summed E-state index contributed by atoms with van der Waals surface area (Å²) in [7, 11) is 1.27. The molecular formula is C24H17F5N2O3. The number of amides is 1. The van der Waals surface area contributed by atoms with Gasteiger partial charge in [0, 0.05) is 5.56 Å². The molecule has 1 aromatic heterocycles. The Morgan fingerprint density at radius 2 is 1.59 bits per heavy atom. The third-order valence-electron chi connectivity index (χ3n) is 5.21. The average Bonchev–Trinajstić information content (AvgIpc) is 3.25. The van der Waals surface area contributed by atoms with E-state index in [0.29, 0.717) is 16.7 Å². The first-order valence-electron chi connectivity index (χ1n) is 10.0. The minimum Gasteiger partial charge on any atom is -0.495 e. The molecule has 1 amide bonds. The molecule has 0 aliphatic carbocycles. The molecule has 34 heavy (non-hydrogen) atoms. The maximum absolute atomic E-state index is 14.1. The maximum atomic E-state index is 14.1. The van der Waals surface area contributed by atoms with Crippen molar-refractivity contribution in [2.45, 2.75) is 19.8 Å². The van der Waals surface area contributed by atoms with Crippen molar-refractivity contribution < 1.29 is 35.9 Å². The summed E-state index contributed by atoms with van der Waals surface area (Å²) in [6.45, 7) is 4.07. The van der Waals surface area contributed by atoms with Gasteiger partial charge in [-0.3, -0.25) is 4.79 Å². The average molecular weight is 476 g/mol. The Kier molecular flexibility index (Phi) is 5.99. The highest BCUT2D eigenvalue weighted by molar-refractivity contribution is 6.05. The molecule has 0 radical (unpaired) electrons. The van der Waals surface area contributed by atoms with Crippen molar-refractivity contribution >= 4 is 22.7 Å². The maximum Gasteiger partial charge on any atom is 0.261 e. The molecule has 5 nitrogen and oxygen atoms in total. The van der Waals surface area contributed by atoms with Crippen LogP contribution in [0.2, 0.25) is 0 Å². The zero-order valence-electron chi connectivity index (χ0n) is 18.1. The molecule has 10 heteroatoms. The van der Waals surface area contributed by atoms with Gasteiger partial charge in [-0.2, -0.15) is 0 Å². The van der Waals surface area contributed by atoms with E-state index >= 15 is 0 Å². The van der Waals surface area contributed by atoms with Gasteiger partial charge < -0.3 is 14.5 Å². The number of halogens is 5. The molecule has 0 atom stereocenters. The van der Waals surface area contributed by atoms with E-state index in [2.05, 4.69) is 10.3 Å². The number of benzene rings is 3. The number of aromatic nitrogens is 1. The van der Waals surface area contributed by atoms with Crippen molar-refractivity contribution in [1.29, 1.82) is 0 Å². The van der Waals surface area contributed by atoms with Crippen molar-refractivity contribution in [1.82, 2.24) is 4.98 Å². The van der Waals surface area contributed by atoms with Crippen LogP contribution in [-0.2, 0) is 0 Å². The van der Waals surface area contributed by atoms with Crippen LogP contribution in [0.1, 0.15) is 35.7 Å². The first kappa shape index (κ1) is 23.2. The van der Waals surface area contributed by atoms with E-state index < -0.39 is 40.6 Å². The molecule has 4 rings (SSSR count). The van der Waals surface area contributed by atoms with Crippen LogP contribution in [0.5, 0.6) is 5.75 Å². The third kappa shape index (κ3) is 3.95. The SMILES string of the molecule is COc1ccc(-c2nc3cc(C(C)C)ccc3o2)cc1NC(=O)c1c(F)c(F)c(F)c(F)c1F. The van der Waals surface area contributed by atoms with E-state index in [1.54, 1.807) is 12.1 Å². The highest BCUT2D eigenvalue weighted by Crippen LogP contribution is 2.33. The second-order valence-electron chi connectivity index (χ2n) is 7.71. The number of rotatable bonds is 5. The van der Waals surface area contributed by atoms with E-state index in [9.17, 15) is 26.7 Å². The van der Waals surface area contributed by atoms with Crippen LogP contribution in [0, 0.1) is 29.1 Å². The molecule has 1 heterocycles. The predicted molar refractivity (Wildman–Crippen MR) is 114 cm³/mol. The van der Waals surface area contributed by atoms with Crippen molar-refractivity contribution in [3.05, 3.63) is 76.6 Å². The molecule has 0 aliphatic heterocycles. The zero-order chi connectivity index (χ0) is 24.7. The molecule has 3 aromatic carbocycles. The highest BCUT2D eigenvalue weighted by atomic mass is 19.2. The summed E-state index contributed by atoms with van der Waals surface area (Å²) in [4.78, 5) is 16.9. The smallest absolute Gasteiger partial charge is 0.261 e. The van der Waals surface area contributed by atoms with Crippen LogP contribution < -0.4 is 10.1 Å². The Morgan fingerprint density at radius 1 is 0.941 bits per heavy atom. The molecule has 0 saturated carbocycles. The summed E-state index contributed by atoms with van der Waals surface area (Å²) in [5.74, 6) is -12.3. The van der Waals surface area contributed by atoms with Gasteiger partial charge in [0.15, 0.2) is 28.9 Å². The molecule has 1 N–H and O–H groups in total. The van der Waals surface area contributed by atoms with Gasteiger partial charge in [0.25, 0.3) is 5.91 Å². The number of oxazole rings is 1. The number of fused-ring (bicyclic) bond motifs is 1. The summed E-state index contributed by atoms with van der Waals surface area (Å²) in [6.07, 6.45) is 0. The quantitative estimate of drug-likeness (QED) is 0.201. The summed E-state index contributed by atoms with van der Waals surface area (Å²) in [5, 5.41) is 2.13. The number of anilines is 1. The minimum absolute atomic E-state index is 0.0687. The number of hydrogen-bond acceptors (Lipinski definition) is 4. The van der Waals surface area contributed by atoms with Gasteiger partial charge in [0.2, 0.25) is 11.7 Å². The molecule has 0 saturated heterocycles. The standard InChI is InChI=1S/C24H17F5N2O3/c1-10(2)11-4-7-16-14(8-11)31-24(34-16)12-5-6-15(33-3)13(9-12)30-23(32)17-18(25)20(27)22(29)21(28)19(17)26/h4-10H,1-3H3,(H,30,32). The summed E-state index contributed by atoms with van der Waals surface area (Å²) in [5.41, 5.74) is 0.825. The van der Waals surface area contributed by atoms with Gasteiger partial charge in [-0.1, -0.05) is 19.9 Å². The first-order valence-corrected chi connectivity index (χ1v) is 10.0. The van der Waals surface area contributed by atoms with Crippen LogP contribution >= 0.6 is 0 Å². The van der Waals surface area contributed by atoms with E-state index in [4.69, 9.17) is 9.15 Å². The van der Waals surface area contributed by atoms with Crippen molar-refractivity contribution in [3.63, 3.8) is 0 Å². The van der Waals surface area contributed by atoms with Crippen LogP contribution in [0.4, 0.5) is 27.6 Å². The second-order valence-corrected chi connectivity index (χ2v) is 7.71. The number of ether oxygens (including phenoxy) is 1. The lowest BCUT2D eigenvalue weighted by molar-refractivity contribution is 0.101. The molecule has 0 bridgehead atoms. The Bertz CT molecular complexity index is 1400. The fourth-order valence-corrected chi connectivity index (χ4v) is 3.35. The first-order chi connectivity index (χ1) is 16.1. The van der Waals surface area contributed by atoms with Crippen LogP contribution in [-0.4, -0.2) is 18.0 Å². The van der Waals surface area contributed by atoms with E-state index in [0.717, 1.165) is 5.56 Å². The number of nitrogens with zero attached hydrogens (tertiary/aromatic N) is 1. The Morgan fingerprint density at radius 3 is 2.21 bits per heavy atom. The highest BCUT2D eigenvalue weighted by Gasteiger charge is 2.30. The van der Waals surface area contributed by atoms with Gasteiger partial charge in [0.1, 0.15) is 16.8 Å². The normalized spacial score (nSPS) is 11.3. The molecular weight excluding hydrogens is 459 g/mol. The third-order valence-corrected chi connectivity index (χ3v) is 5.21. The lowest BCUT2D eigenvalue weighted by Crippen LogP contribution is -2.19. The second kappa shape index (κ2) is 8.77. The lowest BCUT2D eigenvalue weighted by Gasteiger charge is -2.13. The summed E-state index contributed by atoms with van der Waals surface area (Å²) >= 11 is 0. The van der Waals surface area contributed by atoms with Gasteiger partial charge in [-0.25, -0.2) is 26.9 Å². The number of carbonyl (C=O) groups is 1. The van der Waals surface area contributed by atoms with Crippen LogP contribution in [0.3, 0.4) is 0 Å². The molecule has 0 spiro atoms. The van der Waals surface area contributed by atoms with Crippen LogP contribution in [0.15, 0.2) is 40.8 Å². The number of hydrogen-bond donors (Lipinski definition) is 1. The topological polar surface area (TPSA) is 64.4 Å². The van der Waals surface area contributed by atoms with Gasteiger partial charge >= 0.3 is 0 Å². The van der Waals surface area contributed by atoms with E-state index in [1.165, 1.54) is 19.2 Å². The van der Waals surface area contributed by atoms with Crippen molar-refractivity contribution in [2.75, 3.05) is 12.4 Å². The monoisotopic (exact) mass is 476 g/mol. The fourth-order valence-electron chi connectivity index (χ4n) is 3.35. The number of nitrogens with one attached hydrogen (secondary N) is 1. The number of carbonyl (C=O) groups excluding carboxylic acids is 1. The van der Waals surface area contributed by atoms with Gasteiger partial charge in [-0.15, -0.1) is 0 Å². The minimum atomic E-state index is -2.36. The zero-order valence-corrected chi connectivity index (χ0v) is 18.1. The van der Waals surface area contributed by atoms with E-state index in [-0.39, 0.29) is 23.2 Å². The molecule has 0 aliphatic rings. The largest absolute Gasteiger partial charge is 0.495 e. The summed E-state index contributed by atoms with van der Waals surface area (Å²) < 4.78 is 79.4. The summed E-state index contributed by atoms with van der Waals surface area (Å²) in [6, 6.07) is 9.90. The Balaban J connectivity index is 1.73. The number of methoxy groups -OCH3 is 1. The van der Waals surface area contributed by atoms with E-state index in [1.807, 2.05) is 26.0 Å². The fraction of sp³-hybridized carbons (Fsp3) is 0.167. The molecule has 4 aromatic rings. The van der Waals surface area contributed by atoms with Gasteiger partial charge in [-0.05, 0) is 41.8 Å². The lowest BCUT2D eigenvalue weighted by atomic mass is 10.0. The molecule has 0 unspecified atom stereocenters.